The maximum absolute atomic E-state index is 4.59. The van der Waals surface area contributed by atoms with Crippen LogP contribution >= 0.6 is 11.8 Å². The fourth-order valence-electron chi connectivity index (χ4n) is 2.41. The molecule has 4 nitrogen and oxygen atoms in total. The second kappa shape index (κ2) is 7.48. The second-order valence-electron chi connectivity index (χ2n) is 5.52. The molecular formula is C15H28N4S. The quantitative estimate of drug-likeness (QED) is 0.710. The average Bonchev–Trinajstić information content (AvgIpc) is 3.21. The molecular weight excluding hydrogens is 268 g/mol. The van der Waals surface area contributed by atoms with Crippen LogP contribution in [0.1, 0.15) is 37.9 Å². The van der Waals surface area contributed by atoms with Gasteiger partial charge in [-0.05, 0) is 32.9 Å². The molecule has 0 unspecified atom stereocenters. The maximum Gasteiger partial charge on any atom is 0.0984 e. The number of nitrogens with one attached hydrogen (secondary N) is 1. The van der Waals surface area contributed by atoms with Crippen molar-refractivity contribution in [3.8, 4) is 0 Å². The minimum Gasteiger partial charge on any atom is -0.310 e. The van der Waals surface area contributed by atoms with Crippen molar-refractivity contribution in [2.45, 2.75) is 51.2 Å². The third-order valence-electron chi connectivity index (χ3n) is 3.97. The Morgan fingerprint density at radius 3 is 2.65 bits per heavy atom. The Bertz CT molecular complexity index is 422. The molecule has 5 heteroatoms. The molecule has 0 spiro atoms. The fourth-order valence-corrected chi connectivity index (χ4v) is 3.57. The Kier molecular flexibility index (Phi) is 5.93. The molecule has 1 aromatic heterocycles. The van der Waals surface area contributed by atoms with E-state index in [9.17, 15) is 0 Å². The summed E-state index contributed by atoms with van der Waals surface area (Å²) in [6.45, 7) is 11.0. The normalized spacial score (nSPS) is 15.2. The van der Waals surface area contributed by atoms with Crippen molar-refractivity contribution >= 4 is 11.8 Å². The molecule has 1 saturated carbocycles. The van der Waals surface area contributed by atoms with Crippen LogP contribution in [0.4, 0.5) is 0 Å². The minimum absolute atomic E-state index is 0.753. The van der Waals surface area contributed by atoms with Gasteiger partial charge in [0.1, 0.15) is 0 Å². The zero-order chi connectivity index (χ0) is 14.5. The van der Waals surface area contributed by atoms with Crippen LogP contribution in [0.2, 0.25) is 0 Å². The Labute approximate surface area is 127 Å². The molecule has 1 aliphatic rings. The summed E-state index contributed by atoms with van der Waals surface area (Å²) in [5.74, 6) is 1.14. The number of nitrogens with zero attached hydrogens (tertiary/aromatic N) is 3. The van der Waals surface area contributed by atoms with Gasteiger partial charge in [-0.1, -0.05) is 13.8 Å². The van der Waals surface area contributed by atoms with E-state index >= 15 is 0 Å². The summed E-state index contributed by atoms with van der Waals surface area (Å²) in [7, 11) is 2.06. The van der Waals surface area contributed by atoms with Gasteiger partial charge in [-0.2, -0.15) is 5.10 Å². The van der Waals surface area contributed by atoms with E-state index in [1.54, 1.807) is 0 Å². The lowest BCUT2D eigenvalue weighted by atomic mass is 10.2. The van der Waals surface area contributed by atoms with Crippen LogP contribution in [0.3, 0.4) is 0 Å². The summed E-state index contributed by atoms with van der Waals surface area (Å²) in [4.78, 5) is 2.47. The number of hydrogen-bond donors (Lipinski definition) is 1. The molecule has 1 aromatic rings. The Morgan fingerprint density at radius 1 is 1.35 bits per heavy atom. The molecule has 1 aliphatic carbocycles. The van der Waals surface area contributed by atoms with Gasteiger partial charge in [0, 0.05) is 37.5 Å². The number of aryl methyl sites for hydroxylation is 2. The van der Waals surface area contributed by atoms with Crippen molar-refractivity contribution in [2.24, 2.45) is 7.05 Å². The standard InChI is InChI=1S/C15H28N4S/c1-5-19(6-2)9-10-20-15-14(11-16-13-7-8-13)12(3)17-18(15)4/h13,16H,5-11H2,1-4H3. The average molecular weight is 296 g/mol. The van der Waals surface area contributed by atoms with Crippen LogP contribution in [0.15, 0.2) is 5.03 Å². The molecule has 1 heterocycles. The van der Waals surface area contributed by atoms with Gasteiger partial charge in [-0.25, -0.2) is 0 Å². The number of rotatable bonds is 9. The van der Waals surface area contributed by atoms with E-state index in [1.165, 1.54) is 29.1 Å². The molecule has 0 aromatic carbocycles. The van der Waals surface area contributed by atoms with E-state index in [0.717, 1.165) is 38.0 Å². The van der Waals surface area contributed by atoms with Crippen LogP contribution in [0, 0.1) is 6.92 Å². The van der Waals surface area contributed by atoms with Gasteiger partial charge in [0.25, 0.3) is 0 Å². The largest absolute Gasteiger partial charge is 0.310 e. The minimum atomic E-state index is 0.753. The van der Waals surface area contributed by atoms with E-state index in [-0.39, 0.29) is 0 Å². The smallest absolute Gasteiger partial charge is 0.0984 e. The second-order valence-corrected chi connectivity index (χ2v) is 6.61. The summed E-state index contributed by atoms with van der Waals surface area (Å²) in [6, 6.07) is 0.753. The zero-order valence-corrected chi connectivity index (χ0v) is 14.1. The van der Waals surface area contributed by atoms with Gasteiger partial charge in [0.2, 0.25) is 0 Å². The first-order chi connectivity index (χ1) is 9.65. The van der Waals surface area contributed by atoms with Crippen molar-refractivity contribution < 1.29 is 0 Å². The van der Waals surface area contributed by atoms with E-state index in [0.29, 0.717) is 0 Å². The van der Waals surface area contributed by atoms with Crippen molar-refractivity contribution in [3.63, 3.8) is 0 Å². The summed E-state index contributed by atoms with van der Waals surface area (Å²) >= 11 is 1.94. The Balaban J connectivity index is 1.91. The summed E-state index contributed by atoms with van der Waals surface area (Å²) in [5.41, 5.74) is 2.56. The van der Waals surface area contributed by atoms with Crippen molar-refractivity contribution in [1.82, 2.24) is 20.0 Å². The topological polar surface area (TPSA) is 33.1 Å². The van der Waals surface area contributed by atoms with E-state index < -0.39 is 0 Å². The molecule has 0 radical (unpaired) electrons. The van der Waals surface area contributed by atoms with Gasteiger partial charge in [0.05, 0.1) is 10.7 Å². The van der Waals surface area contributed by atoms with Crippen LogP contribution < -0.4 is 5.32 Å². The Morgan fingerprint density at radius 2 is 2.05 bits per heavy atom. The monoisotopic (exact) mass is 296 g/mol. The van der Waals surface area contributed by atoms with Gasteiger partial charge < -0.3 is 10.2 Å². The van der Waals surface area contributed by atoms with Gasteiger partial charge in [-0.15, -0.1) is 11.8 Å². The highest BCUT2D eigenvalue weighted by Crippen LogP contribution is 2.26. The highest BCUT2D eigenvalue weighted by molar-refractivity contribution is 7.99. The van der Waals surface area contributed by atoms with Crippen molar-refractivity contribution in [2.75, 3.05) is 25.4 Å². The van der Waals surface area contributed by atoms with E-state index in [4.69, 9.17) is 0 Å². The molecule has 0 bridgehead atoms. The third-order valence-corrected chi connectivity index (χ3v) is 5.15. The maximum atomic E-state index is 4.59. The lowest BCUT2D eigenvalue weighted by Crippen LogP contribution is -2.25. The van der Waals surface area contributed by atoms with Gasteiger partial charge in [-0.3, -0.25) is 4.68 Å². The zero-order valence-electron chi connectivity index (χ0n) is 13.3. The molecule has 0 saturated heterocycles. The molecule has 1 N–H and O–H groups in total. The molecule has 0 amide bonds. The first-order valence-electron chi connectivity index (χ1n) is 7.76. The predicted octanol–water partition coefficient (Wildman–Crippen LogP) is 2.41. The number of aromatic nitrogens is 2. The lowest BCUT2D eigenvalue weighted by molar-refractivity contribution is 0.324. The first kappa shape index (κ1) is 15.9. The highest BCUT2D eigenvalue weighted by Gasteiger charge is 2.22. The first-order valence-corrected chi connectivity index (χ1v) is 8.75. The van der Waals surface area contributed by atoms with Crippen LogP contribution in [0.25, 0.3) is 0 Å². The number of hydrogen-bond acceptors (Lipinski definition) is 4. The molecule has 1 fully saturated rings. The van der Waals surface area contributed by atoms with E-state index in [1.807, 2.05) is 16.4 Å². The van der Waals surface area contributed by atoms with Crippen LogP contribution in [-0.4, -0.2) is 46.1 Å². The van der Waals surface area contributed by atoms with Crippen molar-refractivity contribution in [1.29, 1.82) is 0 Å². The molecule has 0 aliphatic heterocycles. The number of thioether (sulfide) groups is 1. The summed E-state index contributed by atoms with van der Waals surface area (Å²) in [5, 5.41) is 9.54. The summed E-state index contributed by atoms with van der Waals surface area (Å²) in [6.07, 6.45) is 2.67. The lowest BCUT2D eigenvalue weighted by Gasteiger charge is -2.17. The van der Waals surface area contributed by atoms with Gasteiger partial charge >= 0.3 is 0 Å². The highest BCUT2D eigenvalue weighted by atomic mass is 32.2. The Hall–Kier alpha value is -0.520. The molecule has 2 rings (SSSR count). The van der Waals surface area contributed by atoms with Crippen LogP contribution in [-0.2, 0) is 13.6 Å². The SMILES string of the molecule is CCN(CC)CCSc1c(CNC2CC2)c(C)nn1C. The van der Waals surface area contributed by atoms with Gasteiger partial charge in [0.15, 0.2) is 0 Å². The fraction of sp³-hybridized carbons (Fsp3) is 0.800. The predicted molar refractivity (Wildman–Crippen MR) is 86.3 cm³/mol. The van der Waals surface area contributed by atoms with E-state index in [2.05, 4.69) is 43.1 Å². The van der Waals surface area contributed by atoms with Crippen LogP contribution in [0.5, 0.6) is 0 Å². The summed E-state index contributed by atoms with van der Waals surface area (Å²) < 4.78 is 2.05. The molecule has 20 heavy (non-hydrogen) atoms. The molecule has 0 atom stereocenters. The third kappa shape index (κ3) is 4.24. The molecule has 114 valence electrons. The van der Waals surface area contributed by atoms with Crippen molar-refractivity contribution in [3.05, 3.63) is 11.3 Å².